The number of benzene rings is 2. The molecule has 0 saturated heterocycles. The molecule has 154 valence electrons. The van der Waals surface area contributed by atoms with E-state index >= 15 is 0 Å². The van der Waals surface area contributed by atoms with E-state index in [2.05, 4.69) is 10.4 Å². The first kappa shape index (κ1) is 20.1. The number of hydrogen-bond donors (Lipinski definition) is 2. The molecule has 1 aliphatic rings. The van der Waals surface area contributed by atoms with Crippen LogP contribution in [0.4, 0.5) is 20.3 Å². The predicted molar refractivity (Wildman–Crippen MR) is 113 cm³/mol. The number of rotatable bonds is 4. The van der Waals surface area contributed by atoms with Crippen molar-refractivity contribution in [3.05, 3.63) is 82.0 Å². The summed E-state index contributed by atoms with van der Waals surface area (Å²) in [4.78, 5) is 13.0. The number of aromatic nitrogens is 2. The van der Waals surface area contributed by atoms with Crippen LogP contribution in [0.15, 0.2) is 48.5 Å². The van der Waals surface area contributed by atoms with Crippen LogP contribution in [0.5, 0.6) is 0 Å². The number of aryl methyl sites for hydroxylation is 1. The van der Waals surface area contributed by atoms with Gasteiger partial charge in [-0.05, 0) is 60.2 Å². The van der Waals surface area contributed by atoms with Crippen molar-refractivity contribution in [3.63, 3.8) is 0 Å². The molecule has 1 aliphatic carbocycles. The van der Waals surface area contributed by atoms with Crippen LogP contribution in [0.3, 0.4) is 0 Å². The topological polar surface area (TPSA) is 72.9 Å². The molecule has 8 heteroatoms. The van der Waals surface area contributed by atoms with Crippen LogP contribution in [0.2, 0.25) is 5.02 Å². The van der Waals surface area contributed by atoms with Gasteiger partial charge in [0.15, 0.2) is 0 Å². The Bertz CT molecular complexity index is 1150. The van der Waals surface area contributed by atoms with Crippen LogP contribution in [0.25, 0.3) is 5.57 Å². The van der Waals surface area contributed by atoms with Crippen molar-refractivity contribution in [2.24, 2.45) is 7.05 Å². The third-order valence-electron chi connectivity index (χ3n) is 5.26. The summed E-state index contributed by atoms with van der Waals surface area (Å²) < 4.78 is 28.1. The molecule has 4 rings (SSSR count). The van der Waals surface area contributed by atoms with Crippen LogP contribution >= 0.6 is 11.6 Å². The lowest BCUT2D eigenvalue weighted by Gasteiger charge is -2.11. The summed E-state index contributed by atoms with van der Waals surface area (Å²) in [5, 5.41) is 7.06. The van der Waals surface area contributed by atoms with E-state index in [1.54, 1.807) is 19.2 Å². The molecule has 1 amide bonds. The van der Waals surface area contributed by atoms with Crippen LogP contribution in [-0.2, 0) is 7.05 Å². The Labute approximate surface area is 177 Å². The van der Waals surface area contributed by atoms with Gasteiger partial charge >= 0.3 is 0 Å². The molecule has 0 spiro atoms. The number of anilines is 2. The number of allylic oxidation sites excluding steroid dienone is 2. The van der Waals surface area contributed by atoms with Crippen molar-refractivity contribution < 1.29 is 13.6 Å². The van der Waals surface area contributed by atoms with Crippen LogP contribution in [0, 0.1) is 11.6 Å². The Morgan fingerprint density at radius 3 is 2.67 bits per heavy atom. The quantitative estimate of drug-likeness (QED) is 0.603. The summed E-state index contributed by atoms with van der Waals surface area (Å²) in [6.45, 7) is 0. The van der Waals surface area contributed by atoms with Gasteiger partial charge in [-0.15, -0.1) is 0 Å². The first-order valence-corrected chi connectivity index (χ1v) is 9.75. The summed E-state index contributed by atoms with van der Waals surface area (Å²) in [6.07, 6.45) is 3.44. The highest BCUT2D eigenvalue weighted by atomic mass is 35.5. The highest BCUT2D eigenvalue weighted by Gasteiger charge is 2.28. The molecule has 0 bridgehead atoms. The Hall–Kier alpha value is -3.19. The maximum atomic E-state index is 13.4. The van der Waals surface area contributed by atoms with Crippen molar-refractivity contribution in [1.82, 2.24) is 9.78 Å². The van der Waals surface area contributed by atoms with E-state index in [-0.39, 0.29) is 28.1 Å². The van der Waals surface area contributed by atoms with E-state index in [1.807, 2.05) is 6.08 Å². The molecule has 0 aliphatic heterocycles. The van der Waals surface area contributed by atoms with Gasteiger partial charge in [0.1, 0.15) is 28.7 Å². The first-order chi connectivity index (χ1) is 14.3. The summed E-state index contributed by atoms with van der Waals surface area (Å²) in [7, 11) is 1.66. The number of hydrogen-bond acceptors (Lipinski definition) is 3. The monoisotopic (exact) mass is 428 g/mol. The van der Waals surface area contributed by atoms with Gasteiger partial charge in [0.05, 0.1) is 5.02 Å². The fourth-order valence-corrected chi connectivity index (χ4v) is 3.83. The summed E-state index contributed by atoms with van der Waals surface area (Å²) >= 11 is 5.80. The van der Waals surface area contributed by atoms with Gasteiger partial charge in [-0.1, -0.05) is 29.8 Å². The number of carbonyl (C=O) groups is 1. The molecule has 30 heavy (non-hydrogen) atoms. The minimum atomic E-state index is -0.570. The van der Waals surface area contributed by atoms with E-state index in [0.717, 1.165) is 17.6 Å². The van der Waals surface area contributed by atoms with Gasteiger partial charge in [0.2, 0.25) is 0 Å². The van der Waals surface area contributed by atoms with E-state index in [1.165, 1.54) is 35.0 Å². The van der Waals surface area contributed by atoms with E-state index < -0.39 is 11.7 Å². The Morgan fingerprint density at radius 2 is 1.97 bits per heavy atom. The average Bonchev–Trinajstić information content (AvgIpc) is 3.31. The van der Waals surface area contributed by atoms with Crippen LogP contribution in [0.1, 0.15) is 40.4 Å². The second-order valence-electron chi connectivity index (χ2n) is 7.23. The van der Waals surface area contributed by atoms with Gasteiger partial charge in [0.25, 0.3) is 5.91 Å². The number of nitrogens with zero attached hydrogens (tertiary/aromatic N) is 2. The molecule has 5 nitrogen and oxygen atoms in total. The van der Waals surface area contributed by atoms with Gasteiger partial charge in [0, 0.05) is 12.7 Å². The number of halogens is 3. The van der Waals surface area contributed by atoms with Crippen LogP contribution < -0.4 is 11.1 Å². The highest BCUT2D eigenvalue weighted by Crippen LogP contribution is 2.40. The molecule has 0 saturated carbocycles. The third kappa shape index (κ3) is 3.80. The molecule has 1 heterocycles. The van der Waals surface area contributed by atoms with Crippen molar-refractivity contribution in [3.8, 4) is 0 Å². The van der Waals surface area contributed by atoms with Crippen molar-refractivity contribution in [1.29, 1.82) is 0 Å². The van der Waals surface area contributed by atoms with E-state index in [0.29, 0.717) is 17.8 Å². The van der Waals surface area contributed by atoms with E-state index in [4.69, 9.17) is 17.3 Å². The summed E-state index contributed by atoms with van der Waals surface area (Å²) in [5.74, 6) is -0.900. The second kappa shape index (κ2) is 7.91. The average molecular weight is 429 g/mol. The zero-order valence-corrected chi connectivity index (χ0v) is 16.9. The molecule has 1 atom stereocenters. The number of nitrogens with one attached hydrogen (secondary N) is 1. The second-order valence-corrected chi connectivity index (χ2v) is 7.64. The lowest BCUT2D eigenvalue weighted by atomic mass is 9.94. The standard InChI is InChI=1S/C22H19ClF2N4O/c1-29-21(26)19(22(30)27-16-8-9-18(25)17(23)11-16)20(28-29)14-3-2-13(10-14)12-4-6-15(24)7-5-12/h3-9,11,13H,2,10,26H2,1H3,(H,27,30). The van der Waals surface area contributed by atoms with E-state index in [9.17, 15) is 13.6 Å². The number of nitrogen functional groups attached to an aromatic ring is 1. The first-order valence-electron chi connectivity index (χ1n) is 9.37. The fourth-order valence-electron chi connectivity index (χ4n) is 3.65. The highest BCUT2D eigenvalue weighted by molar-refractivity contribution is 6.31. The molecule has 3 aromatic rings. The third-order valence-corrected chi connectivity index (χ3v) is 5.55. The normalized spacial score (nSPS) is 15.9. The predicted octanol–water partition coefficient (Wildman–Crippen LogP) is 5.15. The zero-order valence-electron chi connectivity index (χ0n) is 16.1. The Morgan fingerprint density at radius 1 is 1.23 bits per heavy atom. The van der Waals surface area contributed by atoms with Crippen molar-refractivity contribution in [2.45, 2.75) is 18.8 Å². The largest absolute Gasteiger partial charge is 0.383 e. The zero-order chi connectivity index (χ0) is 21.4. The van der Waals surface area contributed by atoms with Gasteiger partial charge < -0.3 is 11.1 Å². The SMILES string of the molecule is Cn1nc(C2=CCC(c3ccc(F)cc3)C2)c(C(=O)Nc2ccc(F)c(Cl)c2)c1N. The number of nitrogens with two attached hydrogens (primary N) is 1. The molecule has 3 N–H and O–H groups in total. The Kier molecular flexibility index (Phi) is 5.30. The van der Waals surface area contributed by atoms with Gasteiger partial charge in [-0.2, -0.15) is 5.10 Å². The number of carbonyl (C=O) groups excluding carboxylic acids is 1. The molecule has 0 fully saturated rings. The smallest absolute Gasteiger partial charge is 0.261 e. The minimum Gasteiger partial charge on any atom is -0.383 e. The van der Waals surface area contributed by atoms with Gasteiger partial charge in [-0.25, -0.2) is 8.78 Å². The maximum Gasteiger partial charge on any atom is 0.261 e. The summed E-state index contributed by atoms with van der Waals surface area (Å²) in [6, 6.07) is 10.4. The summed E-state index contributed by atoms with van der Waals surface area (Å²) in [5.41, 5.74) is 9.17. The maximum absolute atomic E-state index is 13.4. The van der Waals surface area contributed by atoms with Crippen molar-refractivity contribution >= 4 is 34.6 Å². The molecular formula is C22H19ClF2N4O. The van der Waals surface area contributed by atoms with Crippen molar-refractivity contribution in [2.75, 3.05) is 11.1 Å². The van der Waals surface area contributed by atoms with Crippen LogP contribution in [-0.4, -0.2) is 15.7 Å². The minimum absolute atomic E-state index is 0.0900. The molecule has 1 aromatic heterocycles. The molecule has 1 unspecified atom stereocenters. The number of amides is 1. The fraction of sp³-hybridized carbons (Fsp3) is 0.182. The molecule has 2 aromatic carbocycles. The molecular weight excluding hydrogens is 410 g/mol. The lowest BCUT2D eigenvalue weighted by molar-refractivity contribution is 0.102. The van der Waals surface area contributed by atoms with Gasteiger partial charge in [-0.3, -0.25) is 9.48 Å². The molecule has 0 radical (unpaired) electrons. The Balaban J connectivity index is 1.59. The lowest BCUT2D eigenvalue weighted by Crippen LogP contribution is -2.15.